The van der Waals surface area contributed by atoms with E-state index < -0.39 is 5.91 Å². The van der Waals surface area contributed by atoms with Gasteiger partial charge in [-0.25, -0.2) is 9.50 Å². The molecule has 0 saturated heterocycles. The highest BCUT2D eigenvalue weighted by molar-refractivity contribution is 6.02. The Morgan fingerprint density at radius 3 is 2.88 bits per heavy atom. The number of nitrogens with one attached hydrogen (secondary N) is 1. The van der Waals surface area contributed by atoms with E-state index in [4.69, 9.17) is 5.11 Å². The zero-order chi connectivity index (χ0) is 17.1. The molecule has 0 atom stereocenters. The van der Waals surface area contributed by atoms with Crippen molar-refractivity contribution in [3.8, 4) is 5.75 Å². The Labute approximate surface area is 140 Å². The Morgan fingerprint density at radius 1 is 1.42 bits per heavy atom. The van der Waals surface area contributed by atoms with E-state index in [9.17, 15) is 9.90 Å². The number of rotatable bonds is 6. The quantitative estimate of drug-likeness (QED) is 0.706. The first-order valence-electron chi connectivity index (χ1n) is 8.25. The number of nitrogens with zero attached hydrogens (tertiary/aromatic N) is 3. The number of fused-ring (bicyclic) bond motifs is 1. The van der Waals surface area contributed by atoms with E-state index in [-0.39, 0.29) is 23.6 Å². The summed E-state index contributed by atoms with van der Waals surface area (Å²) in [5.74, 6) is -0.0845. The van der Waals surface area contributed by atoms with Crippen LogP contribution < -0.4 is 5.32 Å². The average molecular weight is 330 g/mol. The molecule has 1 amide bonds. The van der Waals surface area contributed by atoms with Crippen molar-refractivity contribution in [1.29, 1.82) is 0 Å². The molecule has 0 aliphatic heterocycles. The van der Waals surface area contributed by atoms with Crippen molar-refractivity contribution < 1.29 is 15.0 Å². The maximum atomic E-state index is 12.3. The summed E-state index contributed by atoms with van der Waals surface area (Å²) < 4.78 is 1.61. The number of carbonyl (C=O) groups is 1. The third-order valence-electron chi connectivity index (χ3n) is 4.57. The van der Waals surface area contributed by atoms with Crippen molar-refractivity contribution >= 4 is 11.6 Å². The van der Waals surface area contributed by atoms with Gasteiger partial charge in [-0.3, -0.25) is 4.79 Å². The molecule has 1 fully saturated rings. The molecule has 128 valence electrons. The number of pyridine rings is 1. The highest BCUT2D eigenvalue weighted by atomic mass is 16.3. The molecular formula is C17H22N4O3. The third-order valence-corrected chi connectivity index (χ3v) is 4.57. The predicted octanol–water partition coefficient (Wildman–Crippen LogP) is 2.36. The minimum Gasteiger partial charge on any atom is -0.511 e. The lowest BCUT2D eigenvalue weighted by atomic mass is 10.00. The summed E-state index contributed by atoms with van der Waals surface area (Å²) in [4.78, 5) is 16.4. The predicted molar refractivity (Wildman–Crippen MR) is 89.0 cm³/mol. The van der Waals surface area contributed by atoms with Crippen LogP contribution in [-0.2, 0) is 6.42 Å². The first-order valence-corrected chi connectivity index (χ1v) is 8.25. The number of aryl methyl sites for hydroxylation is 1. The van der Waals surface area contributed by atoms with Gasteiger partial charge >= 0.3 is 0 Å². The van der Waals surface area contributed by atoms with E-state index in [0.29, 0.717) is 5.65 Å². The van der Waals surface area contributed by atoms with Gasteiger partial charge in [0.25, 0.3) is 5.91 Å². The molecule has 0 bridgehead atoms. The third kappa shape index (κ3) is 3.34. The fraction of sp³-hybridized carbons (Fsp3) is 0.471. The molecule has 3 N–H and O–H groups in total. The van der Waals surface area contributed by atoms with E-state index in [1.54, 1.807) is 10.6 Å². The number of aliphatic hydroxyl groups is 1. The molecule has 2 heterocycles. The molecule has 7 heteroatoms. The van der Waals surface area contributed by atoms with Gasteiger partial charge in [0.15, 0.2) is 5.65 Å². The van der Waals surface area contributed by atoms with Crippen molar-refractivity contribution in [2.75, 3.05) is 6.54 Å². The van der Waals surface area contributed by atoms with Gasteiger partial charge in [-0.15, -0.1) is 0 Å². The van der Waals surface area contributed by atoms with Crippen LogP contribution in [0.5, 0.6) is 5.75 Å². The number of aliphatic hydroxyl groups excluding tert-OH is 1. The van der Waals surface area contributed by atoms with Crippen LogP contribution in [-0.4, -0.2) is 37.3 Å². The second-order valence-electron chi connectivity index (χ2n) is 6.33. The summed E-state index contributed by atoms with van der Waals surface area (Å²) in [6.07, 6.45) is 8.32. The number of amides is 1. The van der Waals surface area contributed by atoms with Crippen LogP contribution in [0.15, 0.2) is 24.7 Å². The van der Waals surface area contributed by atoms with Gasteiger partial charge in [0.05, 0.1) is 6.54 Å². The number of carbonyl (C=O) groups excluding carboxylic acids is 1. The second kappa shape index (κ2) is 6.90. The number of hydrogen-bond acceptors (Lipinski definition) is 5. The molecule has 3 rings (SSSR count). The van der Waals surface area contributed by atoms with Crippen LogP contribution in [0.3, 0.4) is 0 Å². The van der Waals surface area contributed by atoms with Crippen LogP contribution in [0.4, 0.5) is 0 Å². The lowest BCUT2D eigenvalue weighted by molar-refractivity contribution is 0.0951. The van der Waals surface area contributed by atoms with Gasteiger partial charge in [-0.2, -0.15) is 5.10 Å². The topological polar surface area (TPSA) is 99.8 Å². The lowest BCUT2D eigenvalue weighted by Gasteiger charge is -2.12. The van der Waals surface area contributed by atoms with Gasteiger partial charge in [0.2, 0.25) is 0 Å². The van der Waals surface area contributed by atoms with E-state index >= 15 is 0 Å². The van der Waals surface area contributed by atoms with Gasteiger partial charge in [0, 0.05) is 11.8 Å². The Hall–Kier alpha value is -2.57. The number of aromatic hydroxyl groups is 1. The second-order valence-corrected chi connectivity index (χ2v) is 6.33. The fourth-order valence-electron chi connectivity index (χ4n) is 3.35. The minimum absolute atomic E-state index is 0.0540. The van der Waals surface area contributed by atoms with Crippen molar-refractivity contribution in [2.24, 2.45) is 5.92 Å². The average Bonchev–Trinajstić information content (AvgIpc) is 3.21. The van der Waals surface area contributed by atoms with E-state index in [2.05, 4.69) is 22.0 Å². The SMILES string of the molecule is C=C(O)CNC(=O)c1c(O)cc(CCC2CCCC2)n2ncnc12. The maximum Gasteiger partial charge on any atom is 0.259 e. The molecular weight excluding hydrogens is 308 g/mol. The van der Waals surface area contributed by atoms with E-state index in [0.717, 1.165) is 24.5 Å². The van der Waals surface area contributed by atoms with Crippen LogP contribution in [0, 0.1) is 5.92 Å². The molecule has 2 aromatic heterocycles. The number of aromatic nitrogens is 3. The molecule has 7 nitrogen and oxygen atoms in total. The standard InChI is InChI=1S/C17H22N4O3/c1-11(22)9-18-17(24)15-14(23)8-13(21-16(15)19-10-20-21)7-6-12-4-2-3-5-12/h8,10,12,22-23H,1-7,9H2,(H,18,24). The summed E-state index contributed by atoms with van der Waals surface area (Å²) in [5, 5.41) is 26.1. The molecule has 24 heavy (non-hydrogen) atoms. The lowest BCUT2D eigenvalue weighted by Crippen LogP contribution is -2.26. The molecule has 0 radical (unpaired) electrons. The highest BCUT2D eigenvalue weighted by Crippen LogP contribution is 2.30. The Balaban J connectivity index is 1.85. The summed E-state index contributed by atoms with van der Waals surface area (Å²) in [5.41, 5.74) is 1.21. The van der Waals surface area contributed by atoms with Crippen LogP contribution in [0.2, 0.25) is 0 Å². The Bertz CT molecular complexity index is 763. The van der Waals surface area contributed by atoms with Crippen molar-refractivity contribution in [3.05, 3.63) is 36.0 Å². The zero-order valence-electron chi connectivity index (χ0n) is 13.5. The van der Waals surface area contributed by atoms with Gasteiger partial charge in [-0.1, -0.05) is 32.3 Å². The van der Waals surface area contributed by atoms with Crippen molar-refractivity contribution in [3.63, 3.8) is 0 Å². The molecule has 2 aromatic rings. The van der Waals surface area contributed by atoms with Gasteiger partial charge < -0.3 is 15.5 Å². The smallest absolute Gasteiger partial charge is 0.259 e. The van der Waals surface area contributed by atoms with Crippen LogP contribution in [0.1, 0.15) is 48.2 Å². The monoisotopic (exact) mass is 330 g/mol. The molecule has 1 aliphatic carbocycles. The summed E-state index contributed by atoms with van der Waals surface area (Å²) in [7, 11) is 0. The molecule has 1 aliphatic rings. The molecule has 0 aromatic carbocycles. The van der Waals surface area contributed by atoms with Crippen LogP contribution >= 0.6 is 0 Å². The zero-order valence-corrected chi connectivity index (χ0v) is 13.5. The first-order chi connectivity index (χ1) is 11.6. The Morgan fingerprint density at radius 2 is 2.17 bits per heavy atom. The summed E-state index contributed by atoms with van der Waals surface area (Å²) in [6, 6.07) is 1.58. The largest absolute Gasteiger partial charge is 0.511 e. The Kier molecular flexibility index (Phi) is 4.69. The highest BCUT2D eigenvalue weighted by Gasteiger charge is 2.21. The van der Waals surface area contributed by atoms with E-state index in [1.165, 1.54) is 32.0 Å². The van der Waals surface area contributed by atoms with E-state index in [1.807, 2.05) is 0 Å². The first kappa shape index (κ1) is 16.3. The number of hydrogen-bond donors (Lipinski definition) is 3. The van der Waals surface area contributed by atoms with Crippen molar-refractivity contribution in [2.45, 2.75) is 38.5 Å². The maximum absolute atomic E-state index is 12.3. The molecule has 0 unspecified atom stereocenters. The minimum atomic E-state index is -0.525. The molecule has 0 spiro atoms. The molecule has 1 saturated carbocycles. The normalized spacial score (nSPS) is 15.0. The summed E-state index contributed by atoms with van der Waals surface area (Å²) in [6.45, 7) is 3.24. The van der Waals surface area contributed by atoms with Crippen LogP contribution in [0.25, 0.3) is 5.65 Å². The summed E-state index contributed by atoms with van der Waals surface area (Å²) >= 11 is 0. The fourth-order valence-corrected chi connectivity index (χ4v) is 3.35. The van der Waals surface area contributed by atoms with Gasteiger partial charge in [-0.05, 0) is 18.8 Å². The van der Waals surface area contributed by atoms with Crippen molar-refractivity contribution in [1.82, 2.24) is 19.9 Å². The van der Waals surface area contributed by atoms with Gasteiger partial charge in [0.1, 0.15) is 23.4 Å².